The van der Waals surface area contributed by atoms with Crippen LogP contribution in [0.2, 0.25) is 0 Å². The molecule has 154 valence electrons. The summed E-state index contributed by atoms with van der Waals surface area (Å²) >= 11 is 0. The number of fused-ring (bicyclic) bond motifs is 1. The molecule has 1 N–H and O–H groups in total. The Morgan fingerprint density at radius 1 is 1.13 bits per heavy atom. The van der Waals surface area contributed by atoms with Crippen LogP contribution in [0.4, 0.5) is 0 Å². The number of aromatic nitrogens is 1. The predicted octanol–water partition coefficient (Wildman–Crippen LogP) is 3.24. The Balaban J connectivity index is 1.35. The van der Waals surface area contributed by atoms with E-state index in [-0.39, 0.29) is 19.0 Å². The molecule has 0 fully saturated rings. The molecule has 1 aliphatic rings. The van der Waals surface area contributed by atoms with Crippen LogP contribution in [0.5, 0.6) is 11.5 Å². The van der Waals surface area contributed by atoms with Crippen LogP contribution >= 0.6 is 0 Å². The fraction of sp³-hybridized carbons (Fsp3) is 0.227. The highest BCUT2D eigenvalue weighted by molar-refractivity contribution is 5.91. The average molecular weight is 408 g/mol. The van der Waals surface area contributed by atoms with Gasteiger partial charge in [0, 0.05) is 12.1 Å². The molecule has 0 saturated heterocycles. The number of benzene rings is 2. The summed E-state index contributed by atoms with van der Waals surface area (Å²) in [7, 11) is 0. The van der Waals surface area contributed by atoms with E-state index in [0.29, 0.717) is 23.1 Å². The van der Waals surface area contributed by atoms with Crippen LogP contribution < -0.4 is 14.8 Å². The number of hydrogen-bond acceptors (Lipinski definition) is 7. The Bertz CT molecular complexity index is 1080. The molecule has 3 aromatic rings. The summed E-state index contributed by atoms with van der Waals surface area (Å²) < 4.78 is 21.4. The summed E-state index contributed by atoms with van der Waals surface area (Å²) in [6, 6.07) is 14.6. The van der Waals surface area contributed by atoms with Crippen molar-refractivity contribution < 1.29 is 28.2 Å². The maximum absolute atomic E-state index is 12.5. The molecule has 1 amide bonds. The molecular weight excluding hydrogens is 388 g/mol. The van der Waals surface area contributed by atoms with E-state index in [4.69, 9.17) is 18.6 Å². The van der Waals surface area contributed by atoms with E-state index in [0.717, 1.165) is 11.1 Å². The first kappa shape index (κ1) is 19.5. The predicted molar refractivity (Wildman–Crippen MR) is 106 cm³/mol. The van der Waals surface area contributed by atoms with Gasteiger partial charge in [0.2, 0.25) is 12.7 Å². The smallest absolute Gasteiger partial charge is 0.361 e. The van der Waals surface area contributed by atoms with E-state index in [1.807, 2.05) is 36.4 Å². The molecule has 1 atom stereocenters. The van der Waals surface area contributed by atoms with Crippen molar-refractivity contribution in [2.75, 3.05) is 6.79 Å². The third-order valence-corrected chi connectivity index (χ3v) is 4.57. The highest BCUT2D eigenvalue weighted by Gasteiger charge is 2.24. The molecule has 0 unspecified atom stereocenters. The zero-order valence-corrected chi connectivity index (χ0v) is 16.5. The van der Waals surface area contributed by atoms with Gasteiger partial charge >= 0.3 is 5.97 Å². The van der Waals surface area contributed by atoms with Crippen molar-refractivity contribution in [3.63, 3.8) is 0 Å². The van der Waals surface area contributed by atoms with E-state index >= 15 is 0 Å². The van der Waals surface area contributed by atoms with Crippen LogP contribution in [0, 0.1) is 6.92 Å². The Hall–Kier alpha value is -3.81. The number of hydrogen-bond donors (Lipinski definition) is 1. The Morgan fingerprint density at radius 3 is 2.70 bits per heavy atom. The molecule has 1 aliphatic heterocycles. The number of carbonyl (C=O) groups is 2. The molecule has 0 radical (unpaired) electrons. The summed E-state index contributed by atoms with van der Waals surface area (Å²) in [5.74, 6) is 0.809. The monoisotopic (exact) mass is 408 g/mol. The lowest BCUT2D eigenvalue weighted by Gasteiger charge is -2.13. The second-order valence-corrected chi connectivity index (χ2v) is 6.74. The van der Waals surface area contributed by atoms with Crippen LogP contribution in [-0.4, -0.2) is 29.8 Å². The van der Waals surface area contributed by atoms with Gasteiger partial charge in [-0.2, -0.15) is 0 Å². The van der Waals surface area contributed by atoms with Gasteiger partial charge in [-0.05, 0) is 43.7 Å². The lowest BCUT2D eigenvalue weighted by molar-refractivity contribution is -0.129. The number of esters is 1. The SMILES string of the molecule is Cc1oc(-c2ccccc2)nc1C(=O)O[C@H](C)C(=O)NCc1ccc2c(c1)OCO2. The Kier molecular flexibility index (Phi) is 5.38. The molecule has 0 bridgehead atoms. The Morgan fingerprint density at radius 2 is 1.90 bits per heavy atom. The van der Waals surface area contributed by atoms with E-state index in [1.54, 1.807) is 19.1 Å². The molecule has 2 aromatic carbocycles. The Labute approximate surface area is 172 Å². The molecule has 30 heavy (non-hydrogen) atoms. The molecule has 8 heteroatoms. The number of amides is 1. The maximum Gasteiger partial charge on any atom is 0.361 e. The summed E-state index contributed by atoms with van der Waals surface area (Å²) in [5, 5.41) is 2.74. The van der Waals surface area contributed by atoms with E-state index in [2.05, 4.69) is 10.3 Å². The zero-order valence-electron chi connectivity index (χ0n) is 16.5. The van der Waals surface area contributed by atoms with Crippen molar-refractivity contribution >= 4 is 11.9 Å². The van der Waals surface area contributed by atoms with Crippen molar-refractivity contribution in [2.45, 2.75) is 26.5 Å². The van der Waals surface area contributed by atoms with Crippen LogP contribution in [0.15, 0.2) is 52.9 Å². The van der Waals surface area contributed by atoms with Crippen molar-refractivity contribution in [3.8, 4) is 23.0 Å². The first-order valence-corrected chi connectivity index (χ1v) is 9.41. The molecule has 0 spiro atoms. The highest BCUT2D eigenvalue weighted by Crippen LogP contribution is 2.32. The first-order chi connectivity index (χ1) is 14.5. The molecule has 4 rings (SSSR count). The lowest BCUT2D eigenvalue weighted by atomic mass is 10.2. The maximum atomic E-state index is 12.5. The number of nitrogens with one attached hydrogen (secondary N) is 1. The van der Waals surface area contributed by atoms with E-state index < -0.39 is 18.0 Å². The van der Waals surface area contributed by atoms with Crippen LogP contribution in [0.1, 0.15) is 28.7 Å². The topological polar surface area (TPSA) is 99.9 Å². The number of ether oxygens (including phenoxy) is 3. The number of oxazole rings is 1. The molecule has 2 heterocycles. The van der Waals surface area contributed by atoms with Crippen LogP contribution in [-0.2, 0) is 16.1 Å². The number of nitrogens with zero attached hydrogens (tertiary/aromatic N) is 1. The third-order valence-electron chi connectivity index (χ3n) is 4.57. The molecule has 1 aromatic heterocycles. The number of rotatable bonds is 6. The van der Waals surface area contributed by atoms with Gasteiger partial charge in [0.15, 0.2) is 23.3 Å². The van der Waals surface area contributed by atoms with Crippen LogP contribution in [0.3, 0.4) is 0 Å². The van der Waals surface area contributed by atoms with Gasteiger partial charge in [-0.1, -0.05) is 24.3 Å². The van der Waals surface area contributed by atoms with Crippen molar-refractivity contribution in [1.82, 2.24) is 10.3 Å². The van der Waals surface area contributed by atoms with Crippen molar-refractivity contribution in [2.24, 2.45) is 0 Å². The normalized spacial score (nSPS) is 13.0. The highest BCUT2D eigenvalue weighted by atomic mass is 16.7. The van der Waals surface area contributed by atoms with Crippen molar-refractivity contribution in [1.29, 1.82) is 0 Å². The lowest BCUT2D eigenvalue weighted by Crippen LogP contribution is -2.35. The van der Waals surface area contributed by atoms with E-state index in [9.17, 15) is 9.59 Å². The second kappa shape index (κ2) is 8.28. The summed E-state index contributed by atoms with van der Waals surface area (Å²) in [4.78, 5) is 29.0. The molecular formula is C22H20N2O6. The molecule has 0 saturated carbocycles. The quantitative estimate of drug-likeness (QED) is 0.625. The largest absolute Gasteiger partial charge is 0.454 e. The fourth-order valence-electron chi connectivity index (χ4n) is 2.94. The second-order valence-electron chi connectivity index (χ2n) is 6.74. The van der Waals surface area contributed by atoms with Gasteiger partial charge in [0.25, 0.3) is 5.91 Å². The van der Waals surface area contributed by atoms with Gasteiger partial charge in [-0.15, -0.1) is 0 Å². The van der Waals surface area contributed by atoms with Crippen LogP contribution in [0.25, 0.3) is 11.5 Å². The van der Waals surface area contributed by atoms with Gasteiger partial charge < -0.3 is 23.9 Å². The summed E-state index contributed by atoms with van der Waals surface area (Å²) in [5.41, 5.74) is 1.63. The minimum Gasteiger partial charge on any atom is -0.454 e. The van der Waals surface area contributed by atoms with E-state index in [1.165, 1.54) is 6.92 Å². The number of carbonyl (C=O) groups excluding carboxylic acids is 2. The van der Waals surface area contributed by atoms with Gasteiger partial charge in [0.05, 0.1) is 0 Å². The standard InChI is InChI=1S/C22H20N2O6/c1-13-19(24-21(29-13)16-6-4-3-5-7-16)22(26)30-14(2)20(25)23-11-15-8-9-17-18(10-15)28-12-27-17/h3-10,14H,11-12H2,1-2H3,(H,23,25)/t14-/m1/s1. The summed E-state index contributed by atoms with van der Waals surface area (Å²) in [6.45, 7) is 3.57. The summed E-state index contributed by atoms with van der Waals surface area (Å²) in [6.07, 6.45) is -0.997. The molecule has 0 aliphatic carbocycles. The van der Waals surface area contributed by atoms with Gasteiger partial charge in [-0.25, -0.2) is 9.78 Å². The average Bonchev–Trinajstić information content (AvgIpc) is 3.38. The van der Waals surface area contributed by atoms with Gasteiger partial charge in [-0.3, -0.25) is 4.79 Å². The zero-order chi connectivity index (χ0) is 21.1. The third kappa shape index (κ3) is 4.12. The fourth-order valence-corrected chi connectivity index (χ4v) is 2.94. The molecule has 8 nitrogen and oxygen atoms in total. The van der Waals surface area contributed by atoms with Crippen molar-refractivity contribution in [3.05, 3.63) is 65.5 Å². The first-order valence-electron chi connectivity index (χ1n) is 9.41. The van der Waals surface area contributed by atoms with Gasteiger partial charge in [0.1, 0.15) is 5.76 Å². The number of aryl methyl sites for hydroxylation is 1. The minimum atomic E-state index is -0.997. The minimum absolute atomic E-state index is 0.0456.